The highest BCUT2D eigenvalue weighted by molar-refractivity contribution is 6.31. The highest BCUT2D eigenvalue weighted by Gasteiger charge is 2.52. The van der Waals surface area contributed by atoms with Crippen LogP contribution in [0, 0.1) is 0 Å². The Bertz CT molecular complexity index is 1670. The van der Waals surface area contributed by atoms with Crippen molar-refractivity contribution in [3.63, 3.8) is 0 Å². The van der Waals surface area contributed by atoms with E-state index in [1.165, 1.54) is 32.2 Å². The van der Waals surface area contributed by atoms with Gasteiger partial charge in [0.1, 0.15) is 29.5 Å². The molecule has 2 aromatic rings. The van der Waals surface area contributed by atoms with Crippen molar-refractivity contribution < 1.29 is 68.7 Å². The number of Topliss-reactive ketones (excluding diaryl/α,β-unsaturated/α-hetero) is 1. The highest BCUT2D eigenvalue weighted by atomic mass is 16.8. The molecule has 2 aromatic carbocycles. The summed E-state index contributed by atoms with van der Waals surface area (Å²) in [4.78, 5) is 41.4. The second-order valence-electron chi connectivity index (χ2n) is 13.2. The Morgan fingerprint density at radius 2 is 1.63 bits per heavy atom. The number of benzene rings is 2. The number of methoxy groups -OCH3 is 1. The van der Waals surface area contributed by atoms with Crippen molar-refractivity contribution in [1.29, 1.82) is 0 Å². The monoisotopic (exact) mass is 688 g/mol. The van der Waals surface area contributed by atoms with E-state index in [0.29, 0.717) is 0 Å². The molecule has 2 aliphatic heterocycles. The van der Waals surface area contributed by atoms with Crippen LogP contribution in [0.15, 0.2) is 18.2 Å². The van der Waals surface area contributed by atoms with Gasteiger partial charge in [0.05, 0.1) is 54.3 Å². The van der Waals surface area contributed by atoms with Gasteiger partial charge in [-0.3, -0.25) is 14.4 Å². The Morgan fingerprint density at radius 3 is 2.29 bits per heavy atom. The number of phenols is 2. The summed E-state index contributed by atoms with van der Waals surface area (Å²) >= 11 is 0. The summed E-state index contributed by atoms with van der Waals surface area (Å²) in [7, 11) is 1.31. The predicted octanol–water partition coefficient (Wildman–Crippen LogP) is -0.831. The first kappa shape index (κ1) is 35.3. The summed E-state index contributed by atoms with van der Waals surface area (Å²) in [5, 5.41) is 66.5. The molecule has 0 saturated carbocycles. The number of fused-ring (bicyclic) bond motifs is 3. The Hall–Kier alpha value is -3.55. The molecule has 16 nitrogen and oxygen atoms in total. The summed E-state index contributed by atoms with van der Waals surface area (Å²) in [5.74, 6) is -6.42. The minimum atomic E-state index is -2.40. The van der Waals surface area contributed by atoms with Gasteiger partial charge < -0.3 is 65.8 Å². The lowest BCUT2D eigenvalue weighted by Crippen LogP contribution is -2.58. The molecule has 10 atom stereocenters. The summed E-state index contributed by atoms with van der Waals surface area (Å²) < 4.78 is 28.0. The van der Waals surface area contributed by atoms with E-state index in [-0.39, 0.29) is 34.4 Å². The third-order valence-electron chi connectivity index (χ3n) is 9.87. The average Bonchev–Trinajstić information content (AvgIpc) is 3.04. The zero-order valence-corrected chi connectivity index (χ0v) is 27.0. The number of rotatable bonds is 7. The minimum Gasteiger partial charge on any atom is -0.507 e. The maximum absolute atomic E-state index is 13.9. The van der Waals surface area contributed by atoms with Crippen molar-refractivity contribution in [2.24, 2.45) is 11.5 Å². The number of ketones is 3. The number of aromatic hydroxyl groups is 2. The van der Waals surface area contributed by atoms with Crippen molar-refractivity contribution >= 4 is 17.3 Å². The number of carbonyl (C=O) groups is 3. The molecule has 16 heteroatoms. The minimum absolute atomic E-state index is 0.0405. The molecular weight excluding hydrogens is 648 g/mol. The van der Waals surface area contributed by atoms with Crippen molar-refractivity contribution in [2.75, 3.05) is 13.7 Å². The van der Waals surface area contributed by atoms with E-state index in [9.17, 15) is 45.0 Å². The SMILES string of the molecule is COc1cccc2c1C(=O)c1c(O)c3c(c(O)c1C2=O)C[C@@](O)(C(=O)COC1(O)C[C@H](N)[C@H](O)[C@H](C)O1)C[C@@H]3O[C@H]1C[C@H](N)[C@H](O)[C@H](C)O1. The number of aliphatic hydroxyl groups is 4. The molecule has 4 aliphatic rings. The average molecular weight is 689 g/mol. The van der Waals surface area contributed by atoms with Crippen LogP contribution in [0.3, 0.4) is 0 Å². The molecule has 0 aromatic heterocycles. The third-order valence-corrected chi connectivity index (χ3v) is 9.87. The van der Waals surface area contributed by atoms with E-state index in [4.69, 9.17) is 35.2 Å². The Morgan fingerprint density at radius 1 is 0.959 bits per heavy atom. The number of hydrogen-bond donors (Lipinski definition) is 8. The zero-order chi connectivity index (χ0) is 35.7. The van der Waals surface area contributed by atoms with Gasteiger partial charge in [-0.05, 0) is 19.9 Å². The highest BCUT2D eigenvalue weighted by Crippen LogP contribution is 2.52. The van der Waals surface area contributed by atoms with Crippen LogP contribution in [-0.2, 0) is 30.2 Å². The molecule has 0 spiro atoms. The number of ether oxygens (including phenoxy) is 5. The third kappa shape index (κ3) is 5.91. The molecule has 2 saturated heterocycles. The van der Waals surface area contributed by atoms with E-state index in [2.05, 4.69) is 0 Å². The lowest BCUT2D eigenvalue weighted by atomic mass is 9.72. The largest absolute Gasteiger partial charge is 0.507 e. The number of carbonyl (C=O) groups excluding carboxylic acids is 3. The molecule has 10 N–H and O–H groups in total. The first-order valence-electron chi connectivity index (χ1n) is 15.8. The molecule has 0 amide bonds. The van der Waals surface area contributed by atoms with Gasteiger partial charge in [0.15, 0.2) is 17.9 Å². The standard InChI is InChI=1S/C33H40N2O14/c1-12-26(37)16(34)7-21(47-12)48-19-10-32(43,20(36)11-46-33(44)9-17(35)27(38)13(2)49-33)8-15-23(19)31(42)25-24(29(15)40)28(39)14-5-4-6-18(45-3)22(14)30(25)41/h4-6,12-13,16-17,19,21,26-27,37-38,40,42-44H,7-11,34-35H2,1-3H3/t12-,13-,16-,17-,19-,21-,26+,27+,32-,33?/m0/s1. The van der Waals surface area contributed by atoms with Crippen molar-refractivity contribution in [1.82, 2.24) is 0 Å². The Balaban J connectivity index is 1.40. The van der Waals surface area contributed by atoms with E-state index in [1.807, 2.05) is 0 Å². The fourth-order valence-corrected chi connectivity index (χ4v) is 7.18. The molecule has 0 bridgehead atoms. The molecule has 1 unspecified atom stereocenters. The maximum atomic E-state index is 13.9. The number of phenolic OH excluding ortho intramolecular Hbond substituents is 2. The van der Waals surface area contributed by atoms with E-state index in [1.54, 1.807) is 6.92 Å². The van der Waals surface area contributed by atoms with Gasteiger partial charge in [0.2, 0.25) is 5.78 Å². The van der Waals surface area contributed by atoms with Crippen LogP contribution >= 0.6 is 0 Å². The van der Waals surface area contributed by atoms with Gasteiger partial charge in [-0.15, -0.1) is 0 Å². The lowest BCUT2D eigenvalue weighted by molar-refractivity contribution is -0.398. The van der Waals surface area contributed by atoms with Gasteiger partial charge in [-0.1, -0.05) is 12.1 Å². The first-order valence-corrected chi connectivity index (χ1v) is 15.8. The second kappa shape index (κ2) is 12.6. The Kier molecular flexibility index (Phi) is 9.11. The van der Waals surface area contributed by atoms with E-state index >= 15 is 0 Å². The quantitative estimate of drug-likeness (QED) is 0.111. The normalized spacial score (nSPS) is 35.7. The molecule has 2 heterocycles. The van der Waals surface area contributed by atoms with Crippen LogP contribution in [0.25, 0.3) is 0 Å². The topological polar surface area (TPSA) is 271 Å². The molecule has 49 heavy (non-hydrogen) atoms. The van der Waals surface area contributed by atoms with Crippen LogP contribution in [0.2, 0.25) is 0 Å². The molecular formula is C33H40N2O14. The fraction of sp³-hybridized carbons (Fsp3) is 0.545. The molecule has 6 rings (SSSR count). The van der Waals surface area contributed by atoms with Crippen molar-refractivity contribution in [3.05, 3.63) is 51.6 Å². The molecule has 2 fully saturated rings. The van der Waals surface area contributed by atoms with E-state index in [0.717, 1.165) is 0 Å². The fourth-order valence-electron chi connectivity index (χ4n) is 7.18. The van der Waals surface area contributed by atoms with Gasteiger partial charge in [0, 0.05) is 54.5 Å². The summed E-state index contributed by atoms with van der Waals surface area (Å²) in [6.07, 6.45) is -8.15. The number of nitrogens with two attached hydrogens (primary N) is 2. The number of aliphatic hydroxyl groups excluding tert-OH is 2. The molecule has 0 radical (unpaired) electrons. The van der Waals surface area contributed by atoms with Crippen LogP contribution in [-0.4, -0.2) is 116 Å². The Labute approximate surface area is 280 Å². The van der Waals surface area contributed by atoms with Gasteiger partial charge >= 0.3 is 0 Å². The molecule has 2 aliphatic carbocycles. The van der Waals surface area contributed by atoms with Gasteiger partial charge in [-0.25, -0.2) is 0 Å². The maximum Gasteiger partial charge on any atom is 0.282 e. The number of hydrogen-bond acceptors (Lipinski definition) is 16. The zero-order valence-electron chi connectivity index (χ0n) is 27.0. The van der Waals surface area contributed by atoms with Crippen LogP contribution in [0.1, 0.15) is 82.2 Å². The van der Waals surface area contributed by atoms with Crippen LogP contribution < -0.4 is 16.2 Å². The summed E-state index contributed by atoms with van der Waals surface area (Å²) in [6.45, 7) is 2.08. The summed E-state index contributed by atoms with van der Waals surface area (Å²) in [6, 6.07) is 2.57. The van der Waals surface area contributed by atoms with Crippen LogP contribution in [0.5, 0.6) is 17.2 Å². The van der Waals surface area contributed by atoms with Crippen LogP contribution in [0.4, 0.5) is 0 Å². The van der Waals surface area contributed by atoms with Gasteiger partial charge in [-0.2, -0.15) is 0 Å². The van der Waals surface area contributed by atoms with Crippen molar-refractivity contribution in [2.45, 2.75) is 100.0 Å². The first-order chi connectivity index (χ1) is 23.0. The molecule has 266 valence electrons. The lowest BCUT2D eigenvalue weighted by Gasteiger charge is -2.43. The van der Waals surface area contributed by atoms with Crippen molar-refractivity contribution in [3.8, 4) is 17.2 Å². The second-order valence-corrected chi connectivity index (χ2v) is 13.2. The smallest absolute Gasteiger partial charge is 0.282 e. The summed E-state index contributed by atoms with van der Waals surface area (Å²) in [5.41, 5.74) is 7.89. The van der Waals surface area contributed by atoms with Gasteiger partial charge in [0.25, 0.3) is 5.97 Å². The van der Waals surface area contributed by atoms with E-state index < -0.39 is 126 Å². The predicted molar refractivity (Wildman–Crippen MR) is 165 cm³/mol.